The molecule has 0 bridgehead atoms. The number of carbonyl (C=O) groups is 1. The van der Waals surface area contributed by atoms with Crippen molar-refractivity contribution in [3.63, 3.8) is 0 Å². The molecule has 0 aliphatic rings. The first kappa shape index (κ1) is 19.6. The van der Waals surface area contributed by atoms with E-state index in [1.165, 1.54) is 0 Å². The summed E-state index contributed by atoms with van der Waals surface area (Å²) >= 11 is 7.78. The van der Waals surface area contributed by atoms with Gasteiger partial charge in [0.2, 0.25) is 0 Å². The maximum atomic E-state index is 12.8. The number of benzene rings is 1. The van der Waals surface area contributed by atoms with Gasteiger partial charge in [0, 0.05) is 12.1 Å². The summed E-state index contributed by atoms with van der Waals surface area (Å²) in [5, 5.41) is 20.3. The third-order valence-corrected chi connectivity index (χ3v) is 5.02. The Morgan fingerprint density at radius 1 is 1.41 bits per heavy atom. The number of thiophene rings is 1. The van der Waals surface area contributed by atoms with Crippen molar-refractivity contribution in [2.45, 2.75) is 13.0 Å². The lowest BCUT2D eigenvalue weighted by atomic mass is 10.1. The molecule has 0 saturated carbocycles. The van der Waals surface area contributed by atoms with Gasteiger partial charge in [0.1, 0.15) is 23.1 Å². The van der Waals surface area contributed by atoms with Crippen LogP contribution < -0.4 is 5.32 Å². The molecule has 3 aromatic rings. The smallest absolute Gasteiger partial charge is 0.257 e. The number of hydrogen-bond acceptors (Lipinski definition) is 6. The minimum Gasteiger partial charge on any atom is -0.394 e. The standard InChI is InChI=1S/C19H19ClN2O4S/c1-12-17(18(22-26-12)14-4-2-3-5-15(14)20)19(24)21-10-16(25-8-7-23)13-6-9-27-11-13/h2-6,9,11,16,23H,7-8,10H2,1H3,(H,21,24)/t16-/m1/s1. The molecule has 0 unspecified atom stereocenters. The molecule has 0 spiro atoms. The lowest BCUT2D eigenvalue weighted by Crippen LogP contribution is -2.30. The van der Waals surface area contributed by atoms with Crippen LogP contribution in [-0.4, -0.2) is 35.9 Å². The summed E-state index contributed by atoms with van der Waals surface area (Å²) in [5.41, 5.74) is 2.32. The number of nitrogens with one attached hydrogen (secondary N) is 1. The number of carbonyl (C=O) groups excluding carboxylic acids is 1. The summed E-state index contributed by atoms with van der Waals surface area (Å²) in [6.07, 6.45) is -0.351. The number of aliphatic hydroxyl groups is 1. The Bertz CT molecular complexity index is 895. The van der Waals surface area contributed by atoms with E-state index in [2.05, 4.69) is 10.5 Å². The summed E-state index contributed by atoms with van der Waals surface area (Å²) in [5.74, 6) is 0.0854. The molecule has 1 atom stereocenters. The van der Waals surface area contributed by atoms with E-state index in [-0.39, 0.29) is 31.8 Å². The highest BCUT2D eigenvalue weighted by Gasteiger charge is 2.24. The number of hydrogen-bond donors (Lipinski definition) is 2. The second-order valence-electron chi connectivity index (χ2n) is 5.79. The van der Waals surface area contributed by atoms with Crippen molar-refractivity contribution in [2.75, 3.05) is 19.8 Å². The van der Waals surface area contributed by atoms with Crippen LogP contribution in [0.4, 0.5) is 0 Å². The molecule has 8 heteroatoms. The molecule has 2 N–H and O–H groups in total. The normalized spacial score (nSPS) is 12.1. The maximum absolute atomic E-state index is 12.8. The molecule has 2 aromatic heterocycles. The van der Waals surface area contributed by atoms with Gasteiger partial charge in [-0.1, -0.05) is 35.0 Å². The van der Waals surface area contributed by atoms with Gasteiger partial charge < -0.3 is 19.7 Å². The summed E-state index contributed by atoms with van der Waals surface area (Å²) in [4.78, 5) is 12.8. The van der Waals surface area contributed by atoms with Crippen molar-refractivity contribution in [3.05, 3.63) is 63.0 Å². The molecular weight excluding hydrogens is 388 g/mol. The number of nitrogens with zero attached hydrogens (tertiary/aromatic N) is 1. The first-order valence-corrected chi connectivity index (χ1v) is 9.67. The Morgan fingerprint density at radius 2 is 2.22 bits per heavy atom. The van der Waals surface area contributed by atoms with Crippen molar-refractivity contribution in [1.82, 2.24) is 10.5 Å². The average molecular weight is 407 g/mol. The van der Waals surface area contributed by atoms with Gasteiger partial charge in [-0.05, 0) is 35.4 Å². The SMILES string of the molecule is Cc1onc(-c2ccccc2Cl)c1C(=O)NC[C@@H](OCCO)c1ccsc1. The molecule has 0 aliphatic carbocycles. The van der Waals surface area contributed by atoms with E-state index in [9.17, 15) is 4.79 Å². The Kier molecular flexibility index (Phi) is 6.63. The summed E-state index contributed by atoms with van der Waals surface area (Å²) in [6, 6.07) is 9.08. The van der Waals surface area contributed by atoms with E-state index in [1.54, 1.807) is 30.4 Å². The van der Waals surface area contributed by atoms with Gasteiger partial charge in [-0.2, -0.15) is 11.3 Å². The van der Waals surface area contributed by atoms with Gasteiger partial charge in [0.15, 0.2) is 0 Å². The lowest BCUT2D eigenvalue weighted by Gasteiger charge is -2.17. The zero-order chi connectivity index (χ0) is 19.2. The topological polar surface area (TPSA) is 84.6 Å². The molecule has 0 fully saturated rings. The third kappa shape index (κ3) is 4.56. The fourth-order valence-corrected chi connectivity index (χ4v) is 3.60. The predicted octanol–water partition coefficient (Wildman–Crippen LogP) is 3.84. The van der Waals surface area contributed by atoms with Gasteiger partial charge in [-0.3, -0.25) is 4.79 Å². The summed E-state index contributed by atoms with van der Waals surface area (Å²) < 4.78 is 10.9. The molecule has 3 rings (SSSR count). The lowest BCUT2D eigenvalue weighted by molar-refractivity contribution is 0.0279. The van der Waals surface area contributed by atoms with Crippen LogP contribution in [-0.2, 0) is 4.74 Å². The van der Waals surface area contributed by atoms with Gasteiger partial charge in [-0.25, -0.2) is 0 Å². The number of amides is 1. The molecule has 142 valence electrons. The summed E-state index contributed by atoms with van der Waals surface area (Å²) in [6.45, 7) is 2.03. The Morgan fingerprint density at radius 3 is 2.93 bits per heavy atom. The van der Waals surface area contributed by atoms with Crippen LogP contribution in [0.25, 0.3) is 11.3 Å². The zero-order valence-corrected chi connectivity index (χ0v) is 16.2. The second kappa shape index (κ2) is 9.14. The van der Waals surface area contributed by atoms with Gasteiger partial charge in [0.05, 0.1) is 18.2 Å². The highest BCUT2D eigenvalue weighted by Crippen LogP contribution is 2.31. The largest absolute Gasteiger partial charge is 0.394 e. The van der Waals surface area contributed by atoms with Gasteiger partial charge in [-0.15, -0.1) is 0 Å². The van der Waals surface area contributed by atoms with E-state index in [0.717, 1.165) is 5.56 Å². The Hall–Kier alpha value is -2.19. The molecule has 6 nitrogen and oxygen atoms in total. The van der Waals surface area contributed by atoms with Crippen LogP contribution in [0.15, 0.2) is 45.6 Å². The van der Waals surface area contributed by atoms with Crippen molar-refractivity contribution in [3.8, 4) is 11.3 Å². The number of aliphatic hydroxyl groups excluding tert-OH is 1. The first-order valence-electron chi connectivity index (χ1n) is 8.35. The number of rotatable bonds is 8. The Balaban J connectivity index is 1.78. The van der Waals surface area contributed by atoms with Crippen molar-refractivity contribution in [1.29, 1.82) is 0 Å². The second-order valence-corrected chi connectivity index (χ2v) is 6.98. The minimum atomic E-state index is -0.351. The first-order chi connectivity index (χ1) is 13.1. The van der Waals surface area contributed by atoms with E-state index >= 15 is 0 Å². The monoisotopic (exact) mass is 406 g/mol. The Labute approximate surface area is 165 Å². The molecule has 1 amide bonds. The van der Waals surface area contributed by atoms with E-state index < -0.39 is 0 Å². The zero-order valence-electron chi connectivity index (χ0n) is 14.6. The van der Waals surface area contributed by atoms with E-state index in [4.69, 9.17) is 26.0 Å². The molecule has 0 saturated heterocycles. The van der Waals surface area contributed by atoms with Gasteiger partial charge >= 0.3 is 0 Å². The number of ether oxygens (including phenoxy) is 1. The van der Waals surface area contributed by atoms with Crippen molar-refractivity contribution >= 4 is 28.8 Å². The highest BCUT2D eigenvalue weighted by molar-refractivity contribution is 7.07. The molecule has 2 heterocycles. The fraction of sp³-hybridized carbons (Fsp3) is 0.263. The molecule has 1 aromatic carbocycles. The fourth-order valence-electron chi connectivity index (χ4n) is 2.68. The third-order valence-electron chi connectivity index (χ3n) is 3.99. The van der Waals surface area contributed by atoms with Gasteiger partial charge in [0.25, 0.3) is 5.91 Å². The van der Waals surface area contributed by atoms with Crippen LogP contribution in [0.2, 0.25) is 5.02 Å². The van der Waals surface area contributed by atoms with Crippen LogP contribution >= 0.6 is 22.9 Å². The number of halogens is 1. The molecule has 27 heavy (non-hydrogen) atoms. The van der Waals surface area contributed by atoms with E-state index in [1.807, 2.05) is 29.0 Å². The van der Waals surface area contributed by atoms with Crippen molar-refractivity contribution in [2.24, 2.45) is 0 Å². The van der Waals surface area contributed by atoms with Crippen LogP contribution in [0.5, 0.6) is 0 Å². The van der Waals surface area contributed by atoms with Crippen molar-refractivity contribution < 1.29 is 19.2 Å². The molecule has 0 aliphatic heterocycles. The molecular formula is C19H19ClN2O4S. The minimum absolute atomic E-state index is 0.0873. The summed E-state index contributed by atoms with van der Waals surface area (Å²) in [7, 11) is 0. The van der Waals surface area contributed by atoms with Crippen LogP contribution in [0, 0.1) is 6.92 Å². The number of aryl methyl sites for hydroxylation is 1. The maximum Gasteiger partial charge on any atom is 0.257 e. The van der Waals surface area contributed by atoms with Crippen LogP contribution in [0.1, 0.15) is 27.8 Å². The quantitative estimate of drug-likeness (QED) is 0.593. The average Bonchev–Trinajstić information content (AvgIpc) is 3.32. The predicted molar refractivity (Wildman–Crippen MR) is 104 cm³/mol. The van der Waals surface area contributed by atoms with E-state index in [0.29, 0.717) is 27.6 Å². The highest BCUT2D eigenvalue weighted by atomic mass is 35.5. The van der Waals surface area contributed by atoms with Crippen LogP contribution in [0.3, 0.4) is 0 Å². The molecule has 0 radical (unpaired) electrons. The number of aromatic nitrogens is 1.